The van der Waals surface area contributed by atoms with E-state index in [9.17, 15) is 9.59 Å². The Morgan fingerprint density at radius 1 is 1.47 bits per heavy atom. The Hall–Kier alpha value is -0.320. The van der Waals surface area contributed by atoms with Gasteiger partial charge in [0.15, 0.2) is 5.78 Å². The molecule has 2 nitrogen and oxygen atoms in total. The van der Waals surface area contributed by atoms with Crippen LogP contribution in [-0.2, 0) is 4.79 Å². The second kappa shape index (κ2) is 6.57. The van der Waals surface area contributed by atoms with Crippen LogP contribution in [0.2, 0.25) is 5.02 Å². The van der Waals surface area contributed by atoms with E-state index >= 15 is 0 Å². The first-order chi connectivity index (χ1) is 7.91. The van der Waals surface area contributed by atoms with Crippen LogP contribution in [-0.4, -0.2) is 21.5 Å². The van der Waals surface area contributed by atoms with Gasteiger partial charge in [0.25, 0.3) is 0 Å². The summed E-state index contributed by atoms with van der Waals surface area (Å²) in [6, 6.07) is 5.31. The minimum absolute atomic E-state index is 0.0438. The van der Waals surface area contributed by atoms with Crippen molar-refractivity contribution in [3.05, 3.63) is 34.3 Å². The number of alkyl halides is 1. The lowest BCUT2D eigenvalue weighted by molar-refractivity contribution is -0.114. The van der Waals surface area contributed by atoms with E-state index in [4.69, 9.17) is 11.6 Å². The van der Waals surface area contributed by atoms with Crippen molar-refractivity contribution in [1.29, 1.82) is 0 Å². The summed E-state index contributed by atoms with van der Waals surface area (Å²) in [4.78, 5) is 22.9. The van der Waals surface area contributed by atoms with Gasteiger partial charge in [0, 0.05) is 5.56 Å². The normalized spacial score (nSPS) is 12.2. The minimum atomic E-state index is -0.438. The SMILES string of the molecule is CC(=O)CSC(Br)C(=O)c1ccc(C)cc1Cl. The molecule has 1 rings (SSSR count). The molecule has 0 aliphatic rings. The second-order valence-electron chi connectivity index (χ2n) is 3.68. The molecule has 0 amide bonds. The van der Waals surface area contributed by atoms with Crippen molar-refractivity contribution in [2.75, 3.05) is 5.75 Å². The molecule has 0 radical (unpaired) electrons. The molecule has 0 saturated carbocycles. The zero-order valence-electron chi connectivity index (χ0n) is 9.50. The molecule has 1 aromatic rings. The average Bonchev–Trinajstić information content (AvgIpc) is 2.25. The molecule has 17 heavy (non-hydrogen) atoms. The van der Waals surface area contributed by atoms with Gasteiger partial charge in [-0.3, -0.25) is 9.59 Å². The molecule has 92 valence electrons. The van der Waals surface area contributed by atoms with Crippen molar-refractivity contribution in [2.24, 2.45) is 0 Å². The maximum absolute atomic E-state index is 12.0. The lowest BCUT2D eigenvalue weighted by atomic mass is 10.1. The highest BCUT2D eigenvalue weighted by atomic mass is 79.9. The molecule has 0 aliphatic heterocycles. The van der Waals surface area contributed by atoms with Crippen molar-refractivity contribution in [2.45, 2.75) is 18.0 Å². The molecule has 5 heteroatoms. The highest BCUT2D eigenvalue weighted by molar-refractivity contribution is 9.11. The smallest absolute Gasteiger partial charge is 0.187 e. The lowest BCUT2D eigenvalue weighted by Crippen LogP contribution is -2.13. The van der Waals surface area contributed by atoms with Crippen LogP contribution in [0.15, 0.2) is 18.2 Å². The monoisotopic (exact) mass is 334 g/mol. The number of Topliss-reactive ketones (excluding diaryl/α,β-unsaturated/α-hetero) is 2. The van der Waals surface area contributed by atoms with Gasteiger partial charge in [0.1, 0.15) is 9.94 Å². The number of aryl methyl sites for hydroxylation is 1. The second-order valence-corrected chi connectivity index (χ2v) is 6.70. The molecule has 0 fully saturated rings. The molecule has 0 N–H and O–H groups in total. The molecule has 1 aromatic carbocycles. The summed E-state index contributed by atoms with van der Waals surface area (Å²) in [5.41, 5.74) is 1.49. The molecular weight excluding hydrogens is 324 g/mol. The molecule has 0 bridgehead atoms. The zero-order valence-corrected chi connectivity index (χ0v) is 12.7. The van der Waals surface area contributed by atoms with E-state index in [1.807, 2.05) is 13.0 Å². The van der Waals surface area contributed by atoms with Gasteiger partial charge >= 0.3 is 0 Å². The number of ketones is 2. The highest BCUT2D eigenvalue weighted by Gasteiger charge is 2.20. The van der Waals surface area contributed by atoms with Crippen LogP contribution in [0.3, 0.4) is 0 Å². The summed E-state index contributed by atoms with van der Waals surface area (Å²) in [5, 5.41) is 0.447. The number of hydrogen-bond acceptors (Lipinski definition) is 3. The Bertz CT molecular complexity index is 448. The van der Waals surface area contributed by atoms with Crippen molar-refractivity contribution >= 4 is 50.9 Å². The Kier molecular flexibility index (Phi) is 5.70. The predicted molar refractivity (Wildman–Crippen MR) is 76.4 cm³/mol. The molecule has 0 spiro atoms. The van der Waals surface area contributed by atoms with Crippen molar-refractivity contribution in [1.82, 2.24) is 0 Å². The van der Waals surface area contributed by atoms with Gasteiger partial charge in [-0.1, -0.05) is 33.6 Å². The number of thioether (sulfide) groups is 1. The van der Waals surface area contributed by atoms with Crippen molar-refractivity contribution in [3.63, 3.8) is 0 Å². The van der Waals surface area contributed by atoms with Gasteiger partial charge in [-0.15, -0.1) is 11.8 Å². The molecule has 0 heterocycles. The van der Waals surface area contributed by atoms with Gasteiger partial charge in [-0.25, -0.2) is 0 Å². The molecule has 1 unspecified atom stereocenters. The van der Waals surface area contributed by atoms with E-state index in [1.165, 1.54) is 18.7 Å². The highest BCUT2D eigenvalue weighted by Crippen LogP contribution is 2.26. The molecule has 0 saturated heterocycles. The number of carbonyl (C=O) groups excluding carboxylic acids is 2. The van der Waals surface area contributed by atoms with Gasteiger partial charge in [-0.2, -0.15) is 0 Å². The lowest BCUT2D eigenvalue weighted by Gasteiger charge is -2.09. The number of hydrogen-bond donors (Lipinski definition) is 0. The first kappa shape index (κ1) is 14.7. The Morgan fingerprint density at radius 2 is 2.12 bits per heavy atom. The molecular formula is C12H12BrClO2S. The fourth-order valence-electron chi connectivity index (χ4n) is 1.21. The van der Waals surface area contributed by atoms with Crippen molar-refractivity contribution in [3.8, 4) is 0 Å². The van der Waals surface area contributed by atoms with E-state index in [-0.39, 0.29) is 11.6 Å². The maximum Gasteiger partial charge on any atom is 0.187 e. The van der Waals surface area contributed by atoms with Gasteiger partial charge < -0.3 is 0 Å². The fraction of sp³-hybridized carbons (Fsp3) is 0.333. The third kappa shape index (κ3) is 4.45. The van der Waals surface area contributed by atoms with Crippen LogP contribution in [0.25, 0.3) is 0 Å². The topological polar surface area (TPSA) is 34.1 Å². The summed E-state index contributed by atoms with van der Waals surface area (Å²) in [7, 11) is 0. The summed E-state index contributed by atoms with van der Waals surface area (Å²) >= 11 is 10.5. The molecule has 0 aromatic heterocycles. The first-order valence-corrected chi connectivity index (χ1v) is 7.31. The standard InChI is InChI=1S/C12H12BrClO2S/c1-7-3-4-9(10(14)5-7)11(16)12(13)17-6-8(2)15/h3-5,12H,6H2,1-2H3. The predicted octanol–water partition coefficient (Wildman–Crippen LogP) is 3.87. The summed E-state index contributed by atoms with van der Waals surface area (Å²) < 4.78 is -0.438. The number of benzene rings is 1. The van der Waals surface area contributed by atoms with Gasteiger partial charge in [-0.05, 0) is 31.5 Å². The first-order valence-electron chi connectivity index (χ1n) is 4.97. The van der Waals surface area contributed by atoms with Crippen LogP contribution in [0.5, 0.6) is 0 Å². The van der Waals surface area contributed by atoms with Crippen LogP contribution in [0.1, 0.15) is 22.8 Å². The van der Waals surface area contributed by atoms with E-state index < -0.39 is 4.16 Å². The number of carbonyl (C=O) groups is 2. The van der Waals surface area contributed by atoms with E-state index in [0.29, 0.717) is 16.3 Å². The van der Waals surface area contributed by atoms with Crippen LogP contribution in [0, 0.1) is 6.92 Å². The maximum atomic E-state index is 12.0. The quantitative estimate of drug-likeness (QED) is 0.605. The van der Waals surface area contributed by atoms with Crippen LogP contribution in [0.4, 0.5) is 0 Å². The van der Waals surface area contributed by atoms with Gasteiger partial charge in [0.05, 0.1) is 10.8 Å². The Labute approximate surface area is 118 Å². The third-order valence-corrected chi connectivity index (χ3v) is 4.63. The Balaban J connectivity index is 2.78. The van der Waals surface area contributed by atoms with Crippen molar-refractivity contribution < 1.29 is 9.59 Å². The molecule has 1 atom stereocenters. The third-order valence-electron chi connectivity index (χ3n) is 2.03. The van der Waals surface area contributed by atoms with E-state index in [0.717, 1.165) is 5.56 Å². The minimum Gasteiger partial charge on any atom is -0.299 e. The van der Waals surface area contributed by atoms with E-state index in [1.54, 1.807) is 12.1 Å². The summed E-state index contributed by atoms with van der Waals surface area (Å²) in [6.45, 7) is 3.41. The fourth-order valence-corrected chi connectivity index (χ4v) is 2.84. The Morgan fingerprint density at radius 3 is 2.65 bits per heavy atom. The molecule has 0 aliphatic carbocycles. The average molecular weight is 336 g/mol. The largest absolute Gasteiger partial charge is 0.299 e. The summed E-state index contributed by atoms with van der Waals surface area (Å²) in [5.74, 6) is 0.244. The van der Waals surface area contributed by atoms with E-state index in [2.05, 4.69) is 15.9 Å². The number of halogens is 2. The van der Waals surface area contributed by atoms with Gasteiger partial charge in [0.2, 0.25) is 0 Å². The summed E-state index contributed by atoms with van der Waals surface area (Å²) in [6.07, 6.45) is 0. The number of rotatable bonds is 5. The zero-order chi connectivity index (χ0) is 13.0. The van der Waals surface area contributed by atoms with Crippen LogP contribution < -0.4 is 0 Å². The van der Waals surface area contributed by atoms with Crippen LogP contribution >= 0.6 is 39.3 Å².